The van der Waals surface area contributed by atoms with Gasteiger partial charge in [-0.05, 0) is 61.3 Å². The van der Waals surface area contributed by atoms with E-state index in [1.165, 1.54) is 41.2 Å². The second kappa shape index (κ2) is 8.65. The molecule has 1 aliphatic rings. The van der Waals surface area contributed by atoms with E-state index < -0.39 is 0 Å². The van der Waals surface area contributed by atoms with Crippen molar-refractivity contribution in [3.63, 3.8) is 0 Å². The minimum atomic E-state index is 0.439. The minimum absolute atomic E-state index is 0.439. The SMILES string of the molecule is CN=C(NCc1sccc1C)NCC(c1cccs1)N1CCCC1. The molecule has 1 saturated heterocycles. The molecule has 6 heteroatoms. The van der Waals surface area contributed by atoms with E-state index in [9.17, 15) is 0 Å². The maximum Gasteiger partial charge on any atom is 0.191 e. The number of rotatable bonds is 6. The third kappa shape index (κ3) is 4.37. The van der Waals surface area contributed by atoms with Gasteiger partial charge in [0.1, 0.15) is 0 Å². The molecule has 1 unspecified atom stereocenters. The average Bonchev–Trinajstić information content (AvgIpc) is 3.34. The molecule has 0 bridgehead atoms. The first kappa shape index (κ1) is 17.5. The molecule has 3 rings (SSSR count). The summed E-state index contributed by atoms with van der Waals surface area (Å²) in [6.07, 6.45) is 2.62. The second-order valence-corrected chi connectivity index (χ2v) is 8.09. The Morgan fingerprint density at radius 2 is 2.04 bits per heavy atom. The van der Waals surface area contributed by atoms with Crippen LogP contribution in [0.5, 0.6) is 0 Å². The van der Waals surface area contributed by atoms with E-state index in [-0.39, 0.29) is 0 Å². The molecular formula is C18H26N4S2. The summed E-state index contributed by atoms with van der Waals surface area (Å²) in [5.41, 5.74) is 1.34. The van der Waals surface area contributed by atoms with Crippen LogP contribution in [-0.2, 0) is 6.54 Å². The molecule has 2 N–H and O–H groups in total. The van der Waals surface area contributed by atoms with Crippen molar-refractivity contribution in [1.29, 1.82) is 0 Å². The molecule has 24 heavy (non-hydrogen) atoms. The van der Waals surface area contributed by atoms with Crippen molar-refractivity contribution in [3.05, 3.63) is 44.3 Å². The van der Waals surface area contributed by atoms with E-state index in [1.54, 1.807) is 11.3 Å². The van der Waals surface area contributed by atoms with Crippen molar-refractivity contribution in [2.45, 2.75) is 32.4 Å². The number of thiophene rings is 2. The average molecular weight is 363 g/mol. The lowest BCUT2D eigenvalue weighted by molar-refractivity contribution is 0.249. The van der Waals surface area contributed by atoms with Crippen molar-refractivity contribution in [2.24, 2.45) is 4.99 Å². The topological polar surface area (TPSA) is 39.7 Å². The highest BCUT2D eigenvalue weighted by Gasteiger charge is 2.24. The van der Waals surface area contributed by atoms with Gasteiger partial charge >= 0.3 is 0 Å². The first-order valence-electron chi connectivity index (χ1n) is 8.53. The zero-order valence-electron chi connectivity index (χ0n) is 14.4. The van der Waals surface area contributed by atoms with Gasteiger partial charge in [0.15, 0.2) is 5.96 Å². The third-order valence-electron chi connectivity index (χ3n) is 4.52. The van der Waals surface area contributed by atoms with Crippen molar-refractivity contribution in [1.82, 2.24) is 15.5 Å². The Kier molecular flexibility index (Phi) is 6.29. The van der Waals surface area contributed by atoms with Crippen molar-refractivity contribution >= 4 is 28.6 Å². The Bertz CT molecular complexity index is 642. The van der Waals surface area contributed by atoms with Crippen molar-refractivity contribution in [3.8, 4) is 0 Å². The van der Waals surface area contributed by atoms with Gasteiger partial charge in [-0.1, -0.05) is 6.07 Å². The smallest absolute Gasteiger partial charge is 0.191 e. The summed E-state index contributed by atoms with van der Waals surface area (Å²) in [6.45, 7) is 6.28. The molecule has 130 valence electrons. The van der Waals surface area contributed by atoms with Crippen LogP contribution in [0.3, 0.4) is 0 Å². The molecule has 2 aromatic rings. The number of nitrogens with one attached hydrogen (secondary N) is 2. The summed E-state index contributed by atoms with van der Waals surface area (Å²) in [5, 5.41) is 11.3. The largest absolute Gasteiger partial charge is 0.354 e. The third-order valence-corrected chi connectivity index (χ3v) is 6.52. The van der Waals surface area contributed by atoms with E-state index in [1.807, 2.05) is 18.4 Å². The maximum atomic E-state index is 4.38. The molecule has 0 aliphatic carbocycles. The summed E-state index contributed by atoms with van der Waals surface area (Å²) in [6, 6.07) is 7.00. The summed E-state index contributed by atoms with van der Waals surface area (Å²) in [5.74, 6) is 0.878. The lowest BCUT2D eigenvalue weighted by Crippen LogP contribution is -2.42. The van der Waals surface area contributed by atoms with Gasteiger partial charge in [-0.15, -0.1) is 22.7 Å². The normalized spacial score (nSPS) is 17.2. The molecule has 3 heterocycles. The maximum absolute atomic E-state index is 4.38. The molecule has 1 fully saturated rings. The Morgan fingerprint density at radius 1 is 1.21 bits per heavy atom. The number of aliphatic imine (C=N–C) groups is 1. The summed E-state index contributed by atoms with van der Waals surface area (Å²) < 4.78 is 0. The van der Waals surface area contributed by atoms with E-state index in [0.717, 1.165) is 19.0 Å². The molecule has 0 amide bonds. The predicted octanol–water partition coefficient (Wildman–Crippen LogP) is 3.62. The summed E-state index contributed by atoms with van der Waals surface area (Å²) in [4.78, 5) is 9.78. The van der Waals surface area contributed by atoms with Crippen LogP contribution in [-0.4, -0.2) is 37.5 Å². The van der Waals surface area contributed by atoms with Gasteiger partial charge in [0.05, 0.1) is 12.6 Å². The van der Waals surface area contributed by atoms with Gasteiger partial charge in [0.2, 0.25) is 0 Å². The van der Waals surface area contributed by atoms with Gasteiger partial charge < -0.3 is 10.6 Å². The Hall–Kier alpha value is -1.37. The zero-order chi connectivity index (χ0) is 16.8. The lowest BCUT2D eigenvalue weighted by Gasteiger charge is -2.27. The highest BCUT2D eigenvalue weighted by molar-refractivity contribution is 7.10. The number of hydrogen-bond donors (Lipinski definition) is 2. The molecule has 2 aromatic heterocycles. The van der Waals surface area contributed by atoms with Crippen LogP contribution in [0, 0.1) is 6.92 Å². The minimum Gasteiger partial charge on any atom is -0.354 e. The fourth-order valence-electron chi connectivity index (χ4n) is 3.11. The molecule has 0 radical (unpaired) electrons. The molecular weight excluding hydrogens is 336 g/mol. The molecule has 0 saturated carbocycles. The molecule has 4 nitrogen and oxygen atoms in total. The first-order valence-corrected chi connectivity index (χ1v) is 10.3. The van der Waals surface area contributed by atoms with Gasteiger partial charge in [-0.3, -0.25) is 9.89 Å². The van der Waals surface area contributed by atoms with Crippen molar-refractivity contribution < 1.29 is 0 Å². The fraction of sp³-hybridized carbons (Fsp3) is 0.500. The number of nitrogens with zero attached hydrogens (tertiary/aromatic N) is 2. The van der Waals surface area contributed by atoms with Gasteiger partial charge in [-0.2, -0.15) is 0 Å². The Balaban J connectivity index is 1.57. The van der Waals surface area contributed by atoms with Crippen LogP contribution in [0.15, 0.2) is 34.0 Å². The predicted molar refractivity (Wildman–Crippen MR) is 105 cm³/mol. The Morgan fingerprint density at radius 3 is 2.67 bits per heavy atom. The highest BCUT2D eigenvalue weighted by atomic mass is 32.1. The van der Waals surface area contributed by atoms with Gasteiger partial charge in [-0.25, -0.2) is 0 Å². The highest BCUT2D eigenvalue weighted by Crippen LogP contribution is 2.27. The van der Waals surface area contributed by atoms with E-state index in [2.05, 4.69) is 56.4 Å². The van der Waals surface area contributed by atoms with Crippen LogP contribution >= 0.6 is 22.7 Å². The van der Waals surface area contributed by atoms with Crippen molar-refractivity contribution in [2.75, 3.05) is 26.7 Å². The van der Waals surface area contributed by atoms with E-state index in [0.29, 0.717) is 6.04 Å². The first-order chi connectivity index (χ1) is 11.8. The van der Waals surface area contributed by atoms with Crippen LogP contribution in [0.25, 0.3) is 0 Å². The molecule has 1 atom stereocenters. The number of aryl methyl sites for hydroxylation is 1. The fourth-order valence-corrected chi connectivity index (χ4v) is 4.81. The number of hydrogen-bond acceptors (Lipinski definition) is 4. The zero-order valence-corrected chi connectivity index (χ0v) is 16.1. The monoisotopic (exact) mass is 362 g/mol. The summed E-state index contributed by atoms with van der Waals surface area (Å²) in [7, 11) is 1.84. The number of guanidine groups is 1. The van der Waals surface area contributed by atoms with Crippen LogP contribution in [0.1, 0.15) is 34.2 Å². The quantitative estimate of drug-likeness (QED) is 0.609. The standard InChI is InChI=1S/C18H26N4S2/c1-14-7-11-24-17(14)13-21-18(19-2)20-12-15(16-6-5-10-23-16)22-8-3-4-9-22/h5-7,10-11,15H,3-4,8-9,12-13H2,1-2H3,(H2,19,20,21). The van der Waals surface area contributed by atoms with Crippen LogP contribution < -0.4 is 10.6 Å². The number of likely N-dealkylation sites (tertiary alicyclic amines) is 1. The Labute approximate surface area is 152 Å². The van der Waals surface area contributed by atoms with Gasteiger partial charge in [0, 0.05) is 23.3 Å². The molecule has 0 spiro atoms. The second-order valence-electron chi connectivity index (χ2n) is 6.11. The van der Waals surface area contributed by atoms with E-state index in [4.69, 9.17) is 0 Å². The van der Waals surface area contributed by atoms with Crippen LogP contribution in [0.4, 0.5) is 0 Å². The molecule has 1 aliphatic heterocycles. The van der Waals surface area contributed by atoms with Gasteiger partial charge in [0.25, 0.3) is 0 Å². The molecule has 0 aromatic carbocycles. The van der Waals surface area contributed by atoms with Crippen LogP contribution in [0.2, 0.25) is 0 Å². The van der Waals surface area contributed by atoms with E-state index >= 15 is 0 Å². The lowest BCUT2D eigenvalue weighted by atomic mass is 10.2. The summed E-state index contributed by atoms with van der Waals surface area (Å²) >= 11 is 3.64.